The highest BCUT2D eigenvalue weighted by Gasteiger charge is 2.21. The monoisotopic (exact) mass is 275 g/mol. The molecule has 2 N–H and O–H groups in total. The molecule has 6 heteroatoms. The van der Waals surface area contributed by atoms with E-state index in [0.29, 0.717) is 24.0 Å². The van der Waals surface area contributed by atoms with Crippen LogP contribution in [0.25, 0.3) is 0 Å². The number of nitrogen functional groups attached to an aromatic ring is 1. The van der Waals surface area contributed by atoms with Crippen LogP contribution in [0, 0.1) is 0 Å². The summed E-state index contributed by atoms with van der Waals surface area (Å²) in [7, 11) is 0. The highest BCUT2D eigenvalue weighted by atomic mass is 16.5. The van der Waals surface area contributed by atoms with Crippen molar-refractivity contribution in [1.82, 2.24) is 10.1 Å². The standard InChI is InChI=1S/C14H17N3O3/c15-11-3-5-12(6-4-11)19-9-13-16-14(17-20-13)10-2-1-7-18-8-10/h3-6,10H,1-2,7-9,15H2. The molecule has 0 bridgehead atoms. The van der Waals surface area contributed by atoms with Crippen LogP contribution in [0.15, 0.2) is 28.8 Å². The van der Waals surface area contributed by atoms with Gasteiger partial charge in [0.05, 0.1) is 6.61 Å². The molecule has 3 rings (SSSR count). The minimum atomic E-state index is 0.234. The van der Waals surface area contributed by atoms with Crippen molar-refractivity contribution in [3.63, 3.8) is 0 Å². The number of nitrogens with two attached hydrogens (primary N) is 1. The van der Waals surface area contributed by atoms with Crippen molar-refractivity contribution in [1.29, 1.82) is 0 Å². The molecule has 2 heterocycles. The number of hydrogen-bond acceptors (Lipinski definition) is 6. The molecule has 0 aliphatic carbocycles. The average molecular weight is 275 g/mol. The van der Waals surface area contributed by atoms with Crippen molar-refractivity contribution in [3.8, 4) is 5.75 Å². The number of hydrogen-bond donors (Lipinski definition) is 1. The third kappa shape index (κ3) is 3.08. The SMILES string of the molecule is Nc1ccc(OCc2nc(C3CCCOC3)no2)cc1. The van der Waals surface area contributed by atoms with Gasteiger partial charge in [-0.2, -0.15) is 4.98 Å². The van der Waals surface area contributed by atoms with Crippen LogP contribution in [-0.2, 0) is 11.3 Å². The Bertz CT molecular complexity index is 547. The normalized spacial score (nSPS) is 18.9. The Labute approximate surface area is 116 Å². The summed E-state index contributed by atoms with van der Waals surface area (Å²) < 4.78 is 16.2. The molecule has 106 valence electrons. The fourth-order valence-electron chi connectivity index (χ4n) is 2.15. The van der Waals surface area contributed by atoms with E-state index in [0.717, 1.165) is 25.2 Å². The molecule has 1 aromatic carbocycles. The van der Waals surface area contributed by atoms with E-state index in [1.165, 1.54) is 0 Å². The van der Waals surface area contributed by atoms with Crippen molar-refractivity contribution >= 4 is 5.69 Å². The molecule has 1 aromatic heterocycles. The molecular weight excluding hydrogens is 258 g/mol. The number of benzene rings is 1. The van der Waals surface area contributed by atoms with E-state index < -0.39 is 0 Å². The first-order chi connectivity index (χ1) is 9.81. The molecule has 0 radical (unpaired) electrons. The number of ether oxygens (including phenoxy) is 2. The second-order valence-electron chi connectivity index (χ2n) is 4.82. The van der Waals surface area contributed by atoms with Gasteiger partial charge < -0.3 is 19.7 Å². The Morgan fingerprint density at radius 2 is 2.15 bits per heavy atom. The number of rotatable bonds is 4. The lowest BCUT2D eigenvalue weighted by Crippen LogP contribution is -2.16. The van der Waals surface area contributed by atoms with Gasteiger partial charge in [0.15, 0.2) is 12.4 Å². The molecule has 1 unspecified atom stereocenters. The Morgan fingerprint density at radius 3 is 2.90 bits per heavy atom. The van der Waals surface area contributed by atoms with Crippen LogP contribution in [0.3, 0.4) is 0 Å². The van der Waals surface area contributed by atoms with Crippen LogP contribution in [0.4, 0.5) is 5.69 Å². The van der Waals surface area contributed by atoms with Crippen LogP contribution >= 0.6 is 0 Å². The van der Waals surface area contributed by atoms with Crippen molar-refractivity contribution in [2.24, 2.45) is 0 Å². The second-order valence-corrected chi connectivity index (χ2v) is 4.82. The fourth-order valence-corrected chi connectivity index (χ4v) is 2.15. The number of nitrogens with zero attached hydrogens (tertiary/aromatic N) is 2. The summed E-state index contributed by atoms with van der Waals surface area (Å²) in [6.07, 6.45) is 2.08. The summed E-state index contributed by atoms with van der Waals surface area (Å²) in [6, 6.07) is 7.19. The smallest absolute Gasteiger partial charge is 0.264 e. The topological polar surface area (TPSA) is 83.4 Å². The summed E-state index contributed by atoms with van der Waals surface area (Å²) >= 11 is 0. The van der Waals surface area contributed by atoms with Gasteiger partial charge in [0, 0.05) is 18.2 Å². The lowest BCUT2D eigenvalue weighted by Gasteiger charge is -2.18. The molecule has 20 heavy (non-hydrogen) atoms. The average Bonchev–Trinajstić information content (AvgIpc) is 2.97. The van der Waals surface area contributed by atoms with Gasteiger partial charge in [-0.05, 0) is 37.1 Å². The minimum absolute atomic E-state index is 0.234. The second kappa shape index (κ2) is 5.92. The quantitative estimate of drug-likeness (QED) is 0.860. The van der Waals surface area contributed by atoms with Crippen molar-refractivity contribution in [2.75, 3.05) is 18.9 Å². The van der Waals surface area contributed by atoms with Gasteiger partial charge in [-0.15, -0.1) is 0 Å². The Morgan fingerprint density at radius 1 is 1.30 bits per heavy atom. The summed E-state index contributed by atoms with van der Waals surface area (Å²) in [4.78, 5) is 4.36. The Kier molecular flexibility index (Phi) is 3.83. The van der Waals surface area contributed by atoms with Crippen molar-refractivity contribution in [2.45, 2.75) is 25.4 Å². The molecule has 0 amide bonds. The Hall–Kier alpha value is -2.08. The highest BCUT2D eigenvalue weighted by Crippen LogP contribution is 2.23. The zero-order valence-electron chi connectivity index (χ0n) is 11.1. The maximum absolute atomic E-state index is 5.61. The largest absolute Gasteiger partial charge is 0.484 e. The lowest BCUT2D eigenvalue weighted by molar-refractivity contribution is 0.0773. The molecule has 0 saturated carbocycles. The first kappa shape index (κ1) is 12.9. The molecule has 1 atom stereocenters. The van der Waals surface area contributed by atoms with Crippen molar-refractivity contribution in [3.05, 3.63) is 36.0 Å². The van der Waals surface area contributed by atoms with Gasteiger partial charge in [0.25, 0.3) is 5.89 Å². The van der Waals surface area contributed by atoms with Gasteiger partial charge in [-0.25, -0.2) is 0 Å². The Balaban J connectivity index is 1.58. The number of aromatic nitrogens is 2. The van der Waals surface area contributed by atoms with Gasteiger partial charge in [-0.1, -0.05) is 5.16 Å². The summed E-state index contributed by atoms with van der Waals surface area (Å²) in [6.45, 7) is 1.74. The summed E-state index contributed by atoms with van der Waals surface area (Å²) in [5.41, 5.74) is 6.32. The van der Waals surface area contributed by atoms with Crippen LogP contribution in [0.5, 0.6) is 5.75 Å². The van der Waals surface area contributed by atoms with Gasteiger partial charge >= 0.3 is 0 Å². The van der Waals surface area contributed by atoms with Gasteiger partial charge in [0.2, 0.25) is 0 Å². The van der Waals surface area contributed by atoms with E-state index >= 15 is 0 Å². The third-order valence-corrected chi connectivity index (χ3v) is 3.25. The highest BCUT2D eigenvalue weighted by molar-refractivity contribution is 5.41. The van der Waals surface area contributed by atoms with Crippen LogP contribution in [-0.4, -0.2) is 23.4 Å². The molecule has 2 aromatic rings. The van der Waals surface area contributed by atoms with E-state index in [1.807, 2.05) is 12.1 Å². The van der Waals surface area contributed by atoms with Crippen LogP contribution in [0.2, 0.25) is 0 Å². The van der Waals surface area contributed by atoms with E-state index in [-0.39, 0.29) is 12.5 Å². The first-order valence-corrected chi connectivity index (χ1v) is 6.70. The van der Waals surface area contributed by atoms with E-state index in [2.05, 4.69) is 10.1 Å². The van der Waals surface area contributed by atoms with Gasteiger partial charge in [-0.3, -0.25) is 0 Å². The molecule has 0 spiro atoms. The summed E-state index contributed by atoms with van der Waals surface area (Å²) in [5.74, 6) is 2.14. The summed E-state index contributed by atoms with van der Waals surface area (Å²) in [5, 5.41) is 4.00. The zero-order valence-corrected chi connectivity index (χ0v) is 11.1. The molecule has 1 saturated heterocycles. The van der Waals surface area contributed by atoms with Crippen LogP contribution < -0.4 is 10.5 Å². The molecular formula is C14H17N3O3. The van der Waals surface area contributed by atoms with E-state index in [4.69, 9.17) is 19.7 Å². The maximum atomic E-state index is 5.61. The predicted molar refractivity (Wildman–Crippen MR) is 72.3 cm³/mol. The lowest BCUT2D eigenvalue weighted by atomic mass is 10.0. The number of anilines is 1. The predicted octanol–water partition coefficient (Wildman–Crippen LogP) is 2.12. The first-order valence-electron chi connectivity index (χ1n) is 6.70. The van der Waals surface area contributed by atoms with Crippen molar-refractivity contribution < 1.29 is 14.0 Å². The fraction of sp³-hybridized carbons (Fsp3) is 0.429. The molecule has 1 aliphatic heterocycles. The maximum Gasteiger partial charge on any atom is 0.264 e. The zero-order chi connectivity index (χ0) is 13.8. The van der Waals surface area contributed by atoms with Gasteiger partial charge in [0.1, 0.15) is 5.75 Å². The third-order valence-electron chi connectivity index (χ3n) is 3.25. The minimum Gasteiger partial charge on any atom is -0.484 e. The van der Waals surface area contributed by atoms with Crippen LogP contribution in [0.1, 0.15) is 30.5 Å². The molecule has 1 aliphatic rings. The molecule has 6 nitrogen and oxygen atoms in total. The molecule has 1 fully saturated rings. The van der Waals surface area contributed by atoms with E-state index in [1.54, 1.807) is 12.1 Å². The van der Waals surface area contributed by atoms with E-state index in [9.17, 15) is 0 Å².